The highest BCUT2D eigenvalue weighted by molar-refractivity contribution is 5.94. The summed E-state index contributed by atoms with van der Waals surface area (Å²) in [7, 11) is 0. The van der Waals surface area contributed by atoms with Crippen LogP contribution < -0.4 is 16.0 Å². The van der Waals surface area contributed by atoms with E-state index in [2.05, 4.69) is 16.0 Å². The van der Waals surface area contributed by atoms with Gasteiger partial charge in [0.25, 0.3) is 0 Å². The van der Waals surface area contributed by atoms with E-state index in [1.54, 1.807) is 0 Å². The Balaban J connectivity index is 2.13. The fraction of sp³-hybridized carbons (Fsp3) is 0.762. The third kappa shape index (κ3) is 7.18. The van der Waals surface area contributed by atoms with Crippen molar-refractivity contribution in [2.75, 3.05) is 13.1 Å². The molecular formula is C21H34N4O7. The Morgan fingerprint density at radius 1 is 1.03 bits per heavy atom. The van der Waals surface area contributed by atoms with Gasteiger partial charge in [0.1, 0.15) is 18.1 Å². The third-order valence-electron chi connectivity index (χ3n) is 5.80. The van der Waals surface area contributed by atoms with Crippen LogP contribution >= 0.6 is 0 Å². The van der Waals surface area contributed by atoms with Crippen LogP contribution in [0.25, 0.3) is 0 Å². The summed E-state index contributed by atoms with van der Waals surface area (Å²) >= 11 is 0. The zero-order valence-electron chi connectivity index (χ0n) is 18.6. The quantitative estimate of drug-likeness (QED) is 0.284. The molecule has 2 rings (SSSR count). The second kappa shape index (κ2) is 11.8. The molecule has 180 valence electrons. The molecule has 4 atom stereocenters. The van der Waals surface area contributed by atoms with Crippen molar-refractivity contribution in [3.05, 3.63) is 0 Å². The van der Waals surface area contributed by atoms with E-state index >= 15 is 0 Å². The molecule has 5 N–H and O–H groups in total. The van der Waals surface area contributed by atoms with Crippen LogP contribution in [0.1, 0.15) is 58.8 Å². The van der Waals surface area contributed by atoms with Gasteiger partial charge in [0.15, 0.2) is 0 Å². The van der Waals surface area contributed by atoms with Crippen molar-refractivity contribution in [3.63, 3.8) is 0 Å². The summed E-state index contributed by atoms with van der Waals surface area (Å²) in [5.74, 6) is -3.68. The second-order valence-corrected chi connectivity index (χ2v) is 8.86. The van der Waals surface area contributed by atoms with E-state index in [-0.39, 0.29) is 37.3 Å². The summed E-state index contributed by atoms with van der Waals surface area (Å²) < 4.78 is 0. The molecule has 2 heterocycles. The van der Waals surface area contributed by atoms with E-state index in [0.717, 1.165) is 13.0 Å². The van der Waals surface area contributed by atoms with Crippen LogP contribution in [-0.4, -0.2) is 82.0 Å². The number of hydrogen-bond acceptors (Lipinski definition) is 6. The van der Waals surface area contributed by atoms with E-state index in [1.165, 1.54) is 4.90 Å². The molecule has 11 heteroatoms. The van der Waals surface area contributed by atoms with Crippen LogP contribution in [-0.2, 0) is 24.0 Å². The molecule has 2 aliphatic heterocycles. The molecule has 2 fully saturated rings. The maximum Gasteiger partial charge on any atom is 0.326 e. The van der Waals surface area contributed by atoms with Crippen LogP contribution in [0.3, 0.4) is 0 Å². The number of carboxylic acid groups (broad SMARTS) is 2. The van der Waals surface area contributed by atoms with Gasteiger partial charge in [-0.05, 0) is 51.0 Å². The van der Waals surface area contributed by atoms with Gasteiger partial charge < -0.3 is 31.1 Å². The molecule has 11 nitrogen and oxygen atoms in total. The average molecular weight is 455 g/mol. The van der Waals surface area contributed by atoms with E-state index in [4.69, 9.17) is 5.11 Å². The van der Waals surface area contributed by atoms with Crippen molar-refractivity contribution in [2.24, 2.45) is 5.92 Å². The highest BCUT2D eigenvalue weighted by Gasteiger charge is 2.38. The van der Waals surface area contributed by atoms with Crippen molar-refractivity contribution in [2.45, 2.75) is 83.0 Å². The van der Waals surface area contributed by atoms with Crippen LogP contribution in [0.4, 0.5) is 0 Å². The van der Waals surface area contributed by atoms with Gasteiger partial charge in [0.05, 0.1) is 6.04 Å². The number of nitrogens with zero attached hydrogens (tertiary/aromatic N) is 1. The lowest BCUT2D eigenvalue weighted by Crippen LogP contribution is -2.57. The van der Waals surface area contributed by atoms with Gasteiger partial charge in [-0.3, -0.25) is 19.2 Å². The largest absolute Gasteiger partial charge is 0.481 e. The molecule has 3 amide bonds. The molecule has 4 unspecified atom stereocenters. The third-order valence-corrected chi connectivity index (χ3v) is 5.80. The molecule has 0 saturated carbocycles. The first-order valence-corrected chi connectivity index (χ1v) is 11.2. The second-order valence-electron chi connectivity index (χ2n) is 8.86. The maximum absolute atomic E-state index is 13.0. The summed E-state index contributed by atoms with van der Waals surface area (Å²) in [5, 5.41) is 26.8. The van der Waals surface area contributed by atoms with E-state index in [9.17, 15) is 29.1 Å². The minimum Gasteiger partial charge on any atom is -0.481 e. The summed E-state index contributed by atoms with van der Waals surface area (Å²) in [4.78, 5) is 62.4. The Hall–Kier alpha value is -2.69. The maximum atomic E-state index is 13.0. The van der Waals surface area contributed by atoms with Gasteiger partial charge >= 0.3 is 11.9 Å². The first kappa shape index (κ1) is 25.6. The molecule has 32 heavy (non-hydrogen) atoms. The number of carbonyl (C=O) groups excluding carboxylic acids is 3. The molecule has 0 spiro atoms. The molecule has 2 aliphatic rings. The van der Waals surface area contributed by atoms with Gasteiger partial charge in [0, 0.05) is 13.0 Å². The molecule has 2 saturated heterocycles. The van der Waals surface area contributed by atoms with Gasteiger partial charge in [-0.25, -0.2) is 4.79 Å². The van der Waals surface area contributed by atoms with Crippen LogP contribution in [0.5, 0.6) is 0 Å². The number of rotatable bonds is 11. The summed E-state index contributed by atoms with van der Waals surface area (Å²) in [5.41, 5.74) is 0. The predicted octanol–water partition coefficient (Wildman–Crippen LogP) is -0.305. The number of hydrogen-bond donors (Lipinski definition) is 5. The lowest BCUT2D eigenvalue weighted by Gasteiger charge is -2.29. The Bertz CT molecular complexity index is 721. The Labute approximate surface area is 187 Å². The lowest BCUT2D eigenvalue weighted by atomic mass is 10.0. The fourth-order valence-electron chi connectivity index (χ4n) is 4.17. The predicted molar refractivity (Wildman–Crippen MR) is 114 cm³/mol. The molecule has 0 aromatic carbocycles. The van der Waals surface area contributed by atoms with Gasteiger partial charge in [-0.15, -0.1) is 0 Å². The smallest absolute Gasteiger partial charge is 0.326 e. The van der Waals surface area contributed by atoms with Crippen LogP contribution in [0.15, 0.2) is 0 Å². The van der Waals surface area contributed by atoms with E-state index in [0.29, 0.717) is 25.7 Å². The average Bonchev–Trinajstić information content (AvgIpc) is 3.41. The van der Waals surface area contributed by atoms with Crippen LogP contribution in [0.2, 0.25) is 0 Å². The number of likely N-dealkylation sites (tertiary alicyclic amines) is 1. The first-order chi connectivity index (χ1) is 15.1. The van der Waals surface area contributed by atoms with Crippen LogP contribution in [0, 0.1) is 5.92 Å². The molecule has 0 aromatic rings. The summed E-state index contributed by atoms with van der Waals surface area (Å²) in [6.07, 6.45) is 2.17. The Morgan fingerprint density at radius 2 is 1.75 bits per heavy atom. The topological polar surface area (TPSA) is 165 Å². The van der Waals surface area contributed by atoms with Gasteiger partial charge in [-0.1, -0.05) is 13.8 Å². The molecule has 0 aliphatic carbocycles. The monoisotopic (exact) mass is 454 g/mol. The van der Waals surface area contributed by atoms with E-state index in [1.807, 2.05) is 13.8 Å². The Kier molecular flexibility index (Phi) is 9.42. The highest BCUT2D eigenvalue weighted by atomic mass is 16.4. The van der Waals surface area contributed by atoms with Crippen molar-refractivity contribution in [1.29, 1.82) is 0 Å². The van der Waals surface area contributed by atoms with Gasteiger partial charge in [0.2, 0.25) is 17.7 Å². The number of carbonyl (C=O) groups is 5. The summed E-state index contributed by atoms with van der Waals surface area (Å²) in [6.45, 7) is 4.75. The molecule has 0 radical (unpaired) electrons. The number of aliphatic carboxylic acids is 2. The number of amides is 3. The molecular weight excluding hydrogens is 420 g/mol. The van der Waals surface area contributed by atoms with E-state index < -0.39 is 41.9 Å². The van der Waals surface area contributed by atoms with Crippen molar-refractivity contribution >= 4 is 29.7 Å². The van der Waals surface area contributed by atoms with Crippen molar-refractivity contribution in [1.82, 2.24) is 20.9 Å². The fourth-order valence-corrected chi connectivity index (χ4v) is 4.17. The zero-order chi connectivity index (χ0) is 23.8. The minimum atomic E-state index is -1.19. The number of nitrogens with one attached hydrogen (secondary N) is 3. The standard InChI is InChI=1S/C21H34N4O7/c1-12(2)11-15(24-18(28)13-5-3-9-22-13)19(29)23-14(7-8-17(26)27)20(30)25-10-4-6-16(25)21(31)32/h12-16,22H,3-11H2,1-2H3,(H,23,29)(H,24,28)(H,26,27)(H,31,32). The number of carboxylic acids is 2. The SMILES string of the molecule is CC(C)CC(NC(=O)C1CCCN1)C(=O)NC(CCC(=O)O)C(=O)N1CCCC1C(=O)O. The summed E-state index contributed by atoms with van der Waals surface area (Å²) in [6, 6.07) is -3.44. The molecule has 0 bridgehead atoms. The highest BCUT2D eigenvalue weighted by Crippen LogP contribution is 2.20. The zero-order valence-corrected chi connectivity index (χ0v) is 18.6. The van der Waals surface area contributed by atoms with Gasteiger partial charge in [-0.2, -0.15) is 0 Å². The minimum absolute atomic E-state index is 0.0748. The lowest BCUT2D eigenvalue weighted by molar-refractivity contribution is -0.150. The molecule has 0 aromatic heterocycles. The van der Waals surface area contributed by atoms with Crippen molar-refractivity contribution in [3.8, 4) is 0 Å². The van der Waals surface area contributed by atoms with Crippen molar-refractivity contribution < 1.29 is 34.2 Å². The first-order valence-electron chi connectivity index (χ1n) is 11.2. The normalized spacial score (nSPS) is 22.4. The Morgan fingerprint density at radius 3 is 2.31 bits per heavy atom.